The summed E-state index contributed by atoms with van der Waals surface area (Å²) >= 11 is 1.69. The van der Waals surface area contributed by atoms with E-state index in [1.165, 1.54) is 0 Å². The highest BCUT2D eigenvalue weighted by atomic mass is 32.1. The topological polar surface area (TPSA) is 51.1 Å². The fourth-order valence-corrected chi connectivity index (χ4v) is 3.74. The molecule has 1 saturated heterocycles. The van der Waals surface area contributed by atoms with Crippen molar-refractivity contribution >= 4 is 11.3 Å². The minimum Gasteiger partial charge on any atom is -0.383 e. The van der Waals surface area contributed by atoms with Crippen molar-refractivity contribution in [1.82, 2.24) is 19.9 Å². The number of hydrogen-bond acceptors (Lipinski definition) is 6. The van der Waals surface area contributed by atoms with E-state index in [1.54, 1.807) is 24.6 Å². The van der Waals surface area contributed by atoms with Gasteiger partial charge >= 0.3 is 0 Å². The van der Waals surface area contributed by atoms with Gasteiger partial charge in [0.1, 0.15) is 5.69 Å². The number of likely N-dealkylation sites (tertiary alicyclic amines) is 1. The molecule has 1 aliphatic rings. The zero-order chi connectivity index (χ0) is 15.4. The summed E-state index contributed by atoms with van der Waals surface area (Å²) in [6, 6.07) is 0. The molecule has 0 amide bonds. The highest BCUT2D eigenvalue weighted by Crippen LogP contribution is 2.34. The van der Waals surface area contributed by atoms with Crippen molar-refractivity contribution in [2.24, 2.45) is 0 Å². The predicted molar refractivity (Wildman–Crippen MR) is 88.2 cm³/mol. The number of ether oxygens (including phenoxy) is 1. The molecule has 0 radical (unpaired) electrons. The minimum atomic E-state index is 0.491. The van der Waals surface area contributed by atoms with Gasteiger partial charge in [0.2, 0.25) is 0 Å². The molecule has 0 aliphatic carbocycles. The van der Waals surface area contributed by atoms with Crippen molar-refractivity contribution in [3.8, 4) is 10.6 Å². The fourth-order valence-electron chi connectivity index (χ4n) is 2.96. The fraction of sp³-hybridized carbons (Fsp3) is 0.562. The lowest BCUT2D eigenvalue weighted by Crippen LogP contribution is -2.35. The third-order valence-electron chi connectivity index (χ3n) is 4.17. The minimum absolute atomic E-state index is 0.491. The first-order chi connectivity index (χ1) is 10.8. The molecule has 118 valence electrons. The van der Waals surface area contributed by atoms with E-state index >= 15 is 0 Å². The average molecular weight is 318 g/mol. The summed E-state index contributed by atoms with van der Waals surface area (Å²) in [4.78, 5) is 17.2. The molecule has 0 atom stereocenters. The number of piperidine rings is 1. The molecule has 1 fully saturated rings. The summed E-state index contributed by atoms with van der Waals surface area (Å²) < 4.78 is 5.17. The Labute approximate surface area is 135 Å². The number of nitrogens with zero attached hydrogens (tertiary/aromatic N) is 4. The molecule has 2 aromatic rings. The smallest absolute Gasteiger partial charge is 0.104 e. The Hall–Kier alpha value is -1.37. The van der Waals surface area contributed by atoms with Crippen molar-refractivity contribution in [1.29, 1.82) is 0 Å². The van der Waals surface area contributed by atoms with E-state index in [-0.39, 0.29) is 0 Å². The summed E-state index contributed by atoms with van der Waals surface area (Å²) in [7, 11) is 1.76. The summed E-state index contributed by atoms with van der Waals surface area (Å²) in [6.07, 6.45) is 7.77. The zero-order valence-electron chi connectivity index (χ0n) is 13.2. The van der Waals surface area contributed by atoms with Crippen LogP contribution in [0.15, 0.2) is 18.6 Å². The summed E-state index contributed by atoms with van der Waals surface area (Å²) in [5.74, 6) is 0.491. The lowest BCUT2D eigenvalue weighted by molar-refractivity contribution is 0.130. The van der Waals surface area contributed by atoms with Gasteiger partial charge in [-0.15, -0.1) is 11.3 Å². The maximum absolute atomic E-state index is 5.17. The first-order valence-corrected chi connectivity index (χ1v) is 8.54. The van der Waals surface area contributed by atoms with Crippen LogP contribution in [0.2, 0.25) is 0 Å². The van der Waals surface area contributed by atoms with Gasteiger partial charge in [-0.25, -0.2) is 4.98 Å². The lowest BCUT2D eigenvalue weighted by Gasteiger charge is -2.31. The zero-order valence-corrected chi connectivity index (χ0v) is 14.0. The van der Waals surface area contributed by atoms with E-state index < -0.39 is 0 Å². The first-order valence-electron chi connectivity index (χ1n) is 7.73. The lowest BCUT2D eigenvalue weighted by atomic mass is 9.91. The number of thiazole rings is 1. The number of hydrogen-bond donors (Lipinski definition) is 0. The Balaban J connectivity index is 1.73. The van der Waals surface area contributed by atoms with Crippen LogP contribution in [-0.4, -0.2) is 53.2 Å². The van der Waals surface area contributed by atoms with Crippen LogP contribution in [0.3, 0.4) is 0 Å². The van der Waals surface area contributed by atoms with E-state index in [2.05, 4.69) is 19.9 Å². The Morgan fingerprint density at radius 2 is 2.00 bits per heavy atom. The van der Waals surface area contributed by atoms with Crippen LogP contribution in [0.4, 0.5) is 0 Å². The highest BCUT2D eigenvalue weighted by molar-refractivity contribution is 7.15. The van der Waals surface area contributed by atoms with Gasteiger partial charge in [-0.2, -0.15) is 0 Å². The molecule has 0 spiro atoms. The van der Waals surface area contributed by atoms with Gasteiger partial charge in [0.25, 0.3) is 0 Å². The van der Waals surface area contributed by atoms with Crippen LogP contribution in [0, 0.1) is 6.92 Å². The number of aryl methyl sites for hydroxylation is 1. The van der Waals surface area contributed by atoms with Crippen molar-refractivity contribution < 1.29 is 4.74 Å². The molecule has 0 unspecified atom stereocenters. The number of aromatic nitrogens is 3. The van der Waals surface area contributed by atoms with E-state index in [9.17, 15) is 0 Å². The summed E-state index contributed by atoms with van der Waals surface area (Å²) in [6.45, 7) is 6.06. The van der Waals surface area contributed by atoms with E-state index in [0.29, 0.717) is 5.92 Å². The molecule has 22 heavy (non-hydrogen) atoms. The van der Waals surface area contributed by atoms with Gasteiger partial charge in [-0.1, -0.05) is 0 Å². The predicted octanol–water partition coefficient (Wildman–Crippen LogP) is 2.73. The molecule has 3 heterocycles. The molecule has 3 rings (SSSR count). The molecular weight excluding hydrogens is 296 g/mol. The van der Waals surface area contributed by atoms with Gasteiger partial charge in [0.15, 0.2) is 0 Å². The molecule has 0 saturated carbocycles. The quantitative estimate of drug-likeness (QED) is 0.848. The molecule has 6 heteroatoms. The Morgan fingerprint density at radius 1 is 1.23 bits per heavy atom. The van der Waals surface area contributed by atoms with Crippen molar-refractivity contribution in [3.63, 3.8) is 0 Å². The number of rotatable bonds is 5. The third-order valence-corrected chi connectivity index (χ3v) is 5.09. The standard InChI is InChI=1S/C16H22N4OS/c1-12-19-11-14(22-12)16-15(17-5-6-18-16)13-3-7-20(8-4-13)9-10-21-2/h5-6,11,13H,3-4,7-10H2,1-2H3. The normalized spacial score (nSPS) is 17.0. The average Bonchev–Trinajstić information content (AvgIpc) is 3.00. The molecule has 5 nitrogen and oxygen atoms in total. The van der Waals surface area contributed by atoms with E-state index in [0.717, 1.165) is 60.4 Å². The Kier molecular flexibility index (Phi) is 5.12. The van der Waals surface area contributed by atoms with Crippen LogP contribution in [0.1, 0.15) is 29.5 Å². The van der Waals surface area contributed by atoms with Crippen LogP contribution < -0.4 is 0 Å². The molecule has 0 N–H and O–H groups in total. The van der Waals surface area contributed by atoms with E-state index in [1.807, 2.05) is 19.3 Å². The monoisotopic (exact) mass is 318 g/mol. The maximum atomic E-state index is 5.17. The van der Waals surface area contributed by atoms with Crippen molar-refractivity contribution in [2.45, 2.75) is 25.7 Å². The summed E-state index contributed by atoms with van der Waals surface area (Å²) in [5, 5.41) is 1.07. The second kappa shape index (κ2) is 7.26. The molecular formula is C16H22N4OS. The van der Waals surface area contributed by atoms with Crippen molar-refractivity contribution in [2.75, 3.05) is 33.4 Å². The van der Waals surface area contributed by atoms with Gasteiger partial charge in [0.05, 0.1) is 22.2 Å². The van der Waals surface area contributed by atoms with Crippen LogP contribution in [-0.2, 0) is 4.74 Å². The molecule has 1 aliphatic heterocycles. The van der Waals surface area contributed by atoms with Gasteiger partial charge in [0, 0.05) is 38.2 Å². The SMILES string of the molecule is COCCN1CCC(c2nccnc2-c2cnc(C)s2)CC1. The van der Waals surface area contributed by atoms with Crippen LogP contribution >= 0.6 is 11.3 Å². The molecule has 0 bridgehead atoms. The summed E-state index contributed by atoms with van der Waals surface area (Å²) in [5.41, 5.74) is 2.15. The maximum Gasteiger partial charge on any atom is 0.104 e. The molecule has 0 aromatic carbocycles. The highest BCUT2D eigenvalue weighted by Gasteiger charge is 2.25. The molecule has 2 aromatic heterocycles. The second-order valence-corrected chi connectivity index (χ2v) is 6.88. The Morgan fingerprint density at radius 3 is 2.68 bits per heavy atom. The second-order valence-electron chi connectivity index (χ2n) is 5.64. The van der Waals surface area contributed by atoms with Gasteiger partial charge in [-0.05, 0) is 32.9 Å². The van der Waals surface area contributed by atoms with Gasteiger partial charge < -0.3 is 9.64 Å². The van der Waals surface area contributed by atoms with Crippen molar-refractivity contribution in [3.05, 3.63) is 29.3 Å². The number of methoxy groups -OCH3 is 1. The van der Waals surface area contributed by atoms with E-state index in [4.69, 9.17) is 4.74 Å². The van der Waals surface area contributed by atoms with Gasteiger partial charge in [-0.3, -0.25) is 9.97 Å². The largest absolute Gasteiger partial charge is 0.383 e. The first kappa shape index (κ1) is 15.5. The Bertz CT molecular complexity index is 608. The van der Waals surface area contributed by atoms with Crippen LogP contribution in [0.5, 0.6) is 0 Å². The third kappa shape index (κ3) is 3.51. The van der Waals surface area contributed by atoms with Crippen LogP contribution in [0.25, 0.3) is 10.6 Å².